The van der Waals surface area contributed by atoms with Gasteiger partial charge in [-0.2, -0.15) is 0 Å². The Morgan fingerprint density at radius 3 is 2.59 bits per heavy atom. The van der Waals surface area contributed by atoms with Gasteiger partial charge < -0.3 is 10.4 Å². The molecule has 2 N–H and O–H groups in total. The van der Waals surface area contributed by atoms with Crippen molar-refractivity contribution in [3.8, 4) is 0 Å². The van der Waals surface area contributed by atoms with Crippen molar-refractivity contribution < 1.29 is 19.1 Å². The lowest BCUT2D eigenvalue weighted by Gasteiger charge is -2.10. The Morgan fingerprint density at radius 1 is 1.18 bits per heavy atom. The summed E-state index contributed by atoms with van der Waals surface area (Å²) in [5.74, 6) is -2.00. The summed E-state index contributed by atoms with van der Waals surface area (Å²) >= 11 is 0. The maximum absolute atomic E-state index is 13.7. The van der Waals surface area contributed by atoms with Gasteiger partial charge in [0.2, 0.25) is 0 Å². The van der Waals surface area contributed by atoms with Gasteiger partial charge in [0.05, 0.1) is 5.56 Å². The first-order chi connectivity index (χ1) is 10.4. The lowest BCUT2D eigenvalue weighted by molar-refractivity contribution is 0.0696. The molecule has 0 spiro atoms. The van der Waals surface area contributed by atoms with E-state index in [1.165, 1.54) is 12.1 Å². The van der Waals surface area contributed by atoms with Crippen LogP contribution in [0.3, 0.4) is 0 Å². The van der Waals surface area contributed by atoms with Crippen LogP contribution in [0, 0.1) is 19.7 Å². The second kappa shape index (κ2) is 6.39. The topological polar surface area (TPSA) is 66.4 Å². The van der Waals surface area contributed by atoms with E-state index in [0.717, 1.165) is 17.2 Å². The van der Waals surface area contributed by atoms with E-state index in [2.05, 4.69) is 5.32 Å². The fourth-order valence-corrected chi connectivity index (χ4v) is 2.11. The highest BCUT2D eigenvalue weighted by Gasteiger charge is 2.12. The second-order valence-corrected chi connectivity index (χ2v) is 5.04. The van der Waals surface area contributed by atoms with Crippen molar-refractivity contribution in [1.82, 2.24) is 5.32 Å². The standard InChI is InChI=1S/C17H16FNO3/c1-10-4-3-5-14(11(10)2)16(20)19-9-13-8-12(17(21)22)6-7-15(13)18/h3-8H,9H2,1-2H3,(H,19,20)(H,21,22). The average molecular weight is 301 g/mol. The molecule has 114 valence electrons. The molecule has 4 nitrogen and oxygen atoms in total. The van der Waals surface area contributed by atoms with Crippen LogP contribution in [-0.4, -0.2) is 17.0 Å². The molecule has 0 heterocycles. The summed E-state index contributed by atoms with van der Waals surface area (Å²) in [6.45, 7) is 3.68. The SMILES string of the molecule is Cc1cccc(C(=O)NCc2cc(C(=O)O)ccc2F)c1C. The summed E-state index contributed by atoms with van der Waals surface area (Å²) in [5.41, 5.74) is 2.50. The number of amides is 1. The Balaban J connectivity index is 2.16. The Hall–Kier alpha value is -2.69. The minimum atomic E-state index is -1.14. The van der Waals surface area contributed by atoms with Gasteiger partial charge in [-0.3, -0.25) is 4.79 Å². The van der Waals surface area contributed by atoms with Crippen molar-refractivity contribution in [2.75, 3.05) is 0 Å². The lowest BCUT2D eigenvalue weighted by atomic mass is 10.0. The summed E-state index contributed by atoms with van der Waals surface area (Å²) in [4.78, 5) is 23.1. The molecule has 0 bridgehead atoms. The maximum atomic E-state index is 13.7. The summed E-state index contributed by atoms with van der Waals surface area (Å²) in [5, 5.41) is 11.5. The molecule has 22 heavy (non-hydrogen) atoms. The Kier molecular flexibility index (Phi) is 4.56. The van der Waals surface area contributed by atoms with Crippen LogP contribution in [0.5, 0.6) is 0 Å². The summed E-state index contributed by atoms with van der Waals surface area (Å²) in [7, 11) is 0. The molecule has 0 radical (unpaired) electrons. The van der Waals surface area contributed by atoms with Crippen LogP contribution in [0.2, 0.25) is 0 Å². The average Bonchev–Trinajstić information content (AvgIpc) is 2.48. The fraction of sp³-hybridized carbons (Fsp3) is 0.176. The third kappa shape index (κ3) is 3.31. The summed E-state index contributed by atoms with van der Waals surface area (Å²) < 4.78 is 13.7. The van der Waals surface area contributed by atoms with Crippen LogP contribution in [0.25, 0.3) is 0 Å². The molecule has 0 aliphatic rings. The molecule has 5 heteroatoms. The third-order valence-electron chi connectivity index (χ3n) is 3.58. The monoisotopic (exact) mass is 301 g/mol. The van der Waals surface area contributed by atoms with Crippen molar-refractivity contribution in [1.29, 1.82) is 0 Å². The zero-order valence-electron chi connectivity index (χ0n) is 12.3. The predicted octanol–water partition coefficient (Wildman–Crippen LogP) is 3.07. The van der Waals surface area contributed by atoms with Crippen LogP contribution in [-0.2, 0) is 6.54 Å². The zero-order chi connectivity index (χ0) is 16.3. The second-order valence-electron chi connectivity index (χ2n) is 5.04. The maximum Gasteiger partial charge on any atom is 0.335 e. The van der Waals surface area contributed by atoms with E-state index in [1.807, 2.05) is 19.9 Å². The molecule has 1 amide bonds. The van der Waals surface area contributed by atoms with Gasteiger partial charge in [0, 0.05) is 17.7 Å². The molecule has 2 aromatic carbocycles. The van der Waals surface area contributed by atoms with Crippen LogP contribution >= 0.6 is 0 Å². The first kappa shape index (κ1) is 15.7. The Labute approximate surface area is 127 Å². The van der Waals surface area contributed by atoms with Crippen molar-refractivity contribution in [3.05, 3.63) is 70.0 Å². The summed E-state index contributed by atoms with van der Waals surface area (Å²) in [6, 6.07) is 8.88. The Morgan fingerprint density at radius 2 is 1.91 bits per heavy atom. The van der Waals surface area contributed by atoms with E-state index >= 15 is 0 Å². The van der Waals surface area contributed by atoms with Crippen LogP contribution in [0.1, 0.15) is 37.4 Å². The van der Waals surface area contributed by atoms with Gasteiger partial charge in [0.25, 0.3) is 5.91 Å². The van der Waals surface area contributed by atoms with Gasteiger partial charge in [-0.1, -0.05) is 12.1 Å². The minimum absolute atomic E-state index is 0.0163. The van der Waals surface area contributed by atoms with Crippen LogP contribution in [0.4, 0.5) is 4.39 Å². The largest absolute Gasteiger partial charge is 0.478 e. The van der Waals surface area contributed by atoms with E-state index in [0.29, 0.717) is 5.56 Å². The van der Waals surface area contributed by atoms with Crippen molar-refractivity contribution in [2.24, 2.45) is 0 Å². The molecule has 0 atom stereocenters. The fourth-order valence-electron chi connectivity index (χ4n) is 2.11. The molecular weight excluding hydrogens is 285 g/mol. The van der Waals surface area contributed by atoms with Crippen molar-refractivity contribution in [3.63, 3.8) is 0 Å². The number of carbonyl (C=O) groups is 2. The van der Waals surface area contributed by atoms with Crippen LogP contribution < -0.4 is 5.32 Å². The third-order valence-corrected chi connectivity index (χ3v) is 3.58. The first-order valence-corrected chi connectivity index (χ1v) is 6.76. The van der Waals surface area contributed by atoms with E-state index in [9.17, 15) is 14.0 Å². The van der Waals surface area contributed by atoms with Crippen LogP contribution in [0.15, 0.2) is 36.4 Å². The highest BCUT2D eigenvalue weighted by molar-refractivity contribution is 5.96. The number of rotatable bonds is 4. The number of carboxylic acid groups (broad SMARTS) is 1. The smallest absolute Gasteiger partial charge is 0.335 e. The van der Waals surface area contributed by atoms with Gasteiger partial charge in [-0.15, -0.1) is 0 Å². The van der Waals surface area contributed by atoms with Crippen molar-refractivity contribution in [2.45, 2.75) is 20.4 Å². The van der Waals surface area contributed by atoms with Gasteiger partial charge in [0.15, 0.2) is 0 Å². The molecule has 0 saturated heterocycles. The van der Waals surface area contributed by atoms with Gasteiger partial charge >= 0.3 is 5.97 Å². The number of hydrogen-bond acceptors (Lipinski definition) is 2. The number of carboxylic acids is 1. The van der Waals surface area contributed by atoms with E-state index in [-0.39, 0.29) is 23.6 Å². The molecule has 0 fully saturated rings. The first-order valence-electron chi connectivity index (χ1n) is 6.76. The normalized spacial score (nSPS) is 10.3. The predicted molar refractivity (Wildman–Crippen MR) is 80.4 cm³/mol. The molecule has 2 aromatic rings. The van der Waals surface area contributed by atoms with E-state index < -0.39 is 11.8 Å². The molecule has 0 aliphatic heterocycles. The molecule has 0 aliphatic carbocycles. The van der Waals surface area contributed by atoms with Gasteiger partial charge in [-0.25, -0.2) is 9.18 Å². The number of aryl methyl sites for hydroxylation is 1. The van der Waals surface area contributed by atoms with E-state index in [4.69, 9.17) is 5.11 Å². The quantitative estimate of drug-likeness (QED) is 0.912. The molecule has 0 aromatic heterocycles. The summed E-state index contributed by atoms with van der Waals surface area (Å²) in [6.07, 6.45) is 0. The highest BCUT2D eigenvalue weighted by atomic mass is 19.1. The van der Waals surface area contributed by atoms with E-state index in [1.54, 1.807) is 12.1 Å². The van der Waals surface area contributed by atoms with Gasteiger partial charge in [-0.05, 0) is 49.2 Å². The van der Waals surface area contributed by atoms with Gasteiger partial charge in [0.1, 0.15) is 5.82 Å². The number of aromatic carboxylic acids is 1. The number of carbonyl (C=O) groups excluding carboxylic acids is 1. The number of benzene rings is 2. The lowest BCUT2D eigenvalue weighted by Crippen LogP contribution is -2.24. The molecular formula is C17H16FNO3. The molecule has 0 saturated carbocycles. The van der Waals surface area contributed by atoms with Crippen molar-refractivity contribution >= 4 is 11.9 Å². The molecule has 0 unspecified atom stereocenters. The minimum Gasteiger partial charge on any atom is -0.478 e. The number of nitrogens with one attached hydrogen (secondary N) is 1. The number of halogens is 1. The highest BCUT2D eigenvalue weighted by Crippen LogP contribution is 2.14. The molecule has 2 rings (SSSR count). The zero-order valence-corrected chi connectivity index (χ0v) is 12.3. The Bertz CT molecular complexity index is 741. The number of hydrogen-bond donors (Lipinski definition) is 2.